The molecule has 3 atom stereocenters. The van der Waals surface area contributed by atoms with E-state index in [0.717, 1.165) is 36.7 Å². The lowest BCUT2D eigenvalue weighted by Gasteiger charge is -2.38. The van der Waals surface area contributed by atoms with Gasteiger partial charge in [-0.25, -0.2) is 9.97 Å². The Hall–Kier alpha value is -2.45. The van der Waals surface area contributed by atoms with Crippen LogP contribution in [0.25, 0.3) is 0 Å². The topological polar surface area (TPSA) is 80.9 Å². The number of anilines is 1. The van der Waals surface area contributed by atoms with Crippen LogP contribution in [-0.4, -0.2) is 65.8 Å². The first-order chi connectivity index (χ1) is 14.5. The van der Waals surface area contributed by atoms with Gasteiger partial charge in [-0.3, -0.25) is 4.79 Å². The van der Waals surface area contributed by atoms with Crippen LogP contribution >= 0.6 is 0 Å². The van der Waals surface area contributed by atoms with Gasteiger partial charge in [-0.2, -0.15) is 0 Å². The second-order valence-electron chi connectivity index (χ2n) is 8.80. The van der Waals surface area contributed by atoms with Crippen LogP contribution < -0.4 is 4.90 Å². The molecule has 5 heterocycles. The number of morpholine rings is 1. The lowest BCUT2D eigenvalue weighted by Crippen LogP contribution is -2.47. The quantitative estimate of drug-likeness (QED) is 0.762. The Bertz CT molecular complexity index is 908. The van der Waals surface area contributed by atoms with Crippen molar-refractivity contribution in [2.24, 2.45) is 0 Å². The number of rotatable bonds is 3. The Kier molecular flexibility index (Phi) is 4.99. The van der Waals surface area contributed by atoms with Crippen molar-refractivity contribution in [2.45, 2.75) is 50.9 Å². The second kappa shape index (κ2) is 7.67. The van der Waals surface area contributed by atoms with E-state index in [2.05, 4.69) is 23.7 Å². The van der Waals surface area contributed by atoms with E-state index in [1.165, 1.54) is 0 Å². The number of carbonyl (C=O) groups is 1. The summed E-state index contributed by atoms with van der Waals surface area (Å²) in [6.45, 7) is 8.14. The highest BCUT2D eigenvalue weighted by molar-refractivity contribution is 5.78. The first kappa shape index (κ1) is 19.5. The molecule has 2 unspecified atom stereocenters. The molecule has 1 amide bonds. The minimum absolute atomic E-state index is 0.0825. The van der Waals surface area contributed by atoms with Crippen molar-refractivity contribution < 1.29 is 18.7 Å². The van der Waals surface area contributed by atoms with Crippen molar-refractivity contribution in [3.05, 3.63) is 41.6 Å². The standard InChI is InChI=1S/C22H28N4O4/c1-15-10-26(11-16(2)30-15)21-23-9-17-12-28-14-22(20(17)24-21)5-6-25(13-22)19(27)8-18-4-3-7-29-18/h3-4,7,9,15-16H,5-6,8,10-14H2,1-2H3/t15?,16?,22-/m0/s1. The third-order valence-electron chi connectivity index (χ3n) is 6.30. The average Bonchev–Trinajstić information content (AvgIpc) is 3.38. The third kappa shape index (κ3) is 3.58. The Labute approximate surface area is 176 Å². The normalized spacial score (nSPS) is 28.7. The number of aromatic nitrogens is 2. The molecule has 2 fully saturated rings. The minimum Gasteiger partial charge on any atom is -0.469 e. The number of fused-ring (bicyclic) bond motifs is 2. The smallest absolute Gasteiger partial charge is 0.230 e. The molecule has 0 saturated carbocycles. The molecule has 1 spiro atoms. The van der Waals surface area contributed by atoms with Crippen molar-refractivity contribution in [3.63, 3.8) is 0 Å². The van der Waals surface area contributed by atoms with Gasteiger partial charge < -0.3 is 23.7 Å². The van der Waals surface area contributed by atoms with Crippen molar-refractivity contribution in [1.29, 1.82) is 0 Å². The highest BCUT2D eigenvalue weighted by atomic mass is 16.5. The molecule has 0 N–H and O–H groups in total. The number of amides is 1. The van der Waals surface area contributed by atoms with Crippen molar-refractivity contribution in [3.8, 4) is 0 Å². The molecule has 0 bridgehead atoms. The molecule has 30 heavy (non-hydrogen) atoms. The summed E-state index contributed by atoms with van der Waals surface area (Å²) in [6.07, 6.45) is 4.92. The van der Waals surface area contributed by atoms with Crippen LogP contribution in [0.15, 0.2) is 29.0 Å². The van der Waals surface area contributed by atoms with Crippen molar-refractivity contribution in [1.82, 2.24) is 14.9 Å². The first-order valence-corrected chi connectivity index (χ1v) is 10.7. The van der Waals surface area contributed by atoms with Gasteiger partial charge in [0.25, 0.3) is 0 Å². The largest absolute Gasteiger partial charge is 0.469 e. The van der Waals surface area contributed by atoms with Crippen LogP contribution in [0.5, 0.6) is 0 Å². The number of likely N-dealkylation sites (tertiary alicyclic amines) is 1. The molecular weight excluding hydrogens is 384 g/mol. The number of carbonyl (C=O) groups excluding carboxylic acids is 1. The lowest BCUT2D eigenvalue weighted by molar-refractivity contribution is -0.130. The maximum absolute atomic E-state index is 12.8. The molecule has 3 aliphatic heterocycles. The van der Waals surface area contributed by atoms with Crippen LogP contribution in [0.2, 0.25) is 0 Å². The fourth-order valence-corrected chi connectivity index (χ4v) is 4.95. The summed E-state index contributed by atoms with van der Waals surface area (Å²) < 4.78 is 17.1. The van der Waals surface area contributed by atoms with E-state index in [9.17, 15) is 4.79 Å². The first-order valence-electron chi connectivity index (χ1n) is 10.7. The minimum atomic E-state index is -0.270. The van der Waals surface area contributed by atoms with Crippen molar-refractivity contribution in [2.75, 3.05) is 37.7 Å². The van der Waals surface area contributed by atoms with Gasteiger partial charge in [-0.1, -0.05) is 0 Å². The summed E-state index contributed by atoms with van der Waals surface area (Å²) in [6, 6.07) is 3.65. The summed E-state index contributed by atoms with van der Waals surface area (Å²) in [7, 11) is 0. The zero-order valence-corrected chi connectivity index (χ0v) is 17.5. The molecule has 2 aromatic rings. The van der Waals surface area contributed by atoms with E-state index in [1.54, 1.807) is 6.26 Å². The van der Waals surface area contributed by atoms with E-state index >= 15 is 0 Å². The Balaban J connectivity index is 1.38. The van der Waals surface area contributed by atoms with Gasteiger partial charge in [0.05, 0.1) is 49.2 Å². The average molecular weight is 412 g/mol. The van der Waals surface area contributed by atoms with Gasteiger partial charge in [0.2, 0.25) is 11.9 Å². The zero-order valence-electron chi connectivity index (χ0n) is 17.5. The third-order valence-corrected chi connectivity index (χ3v) is 6.30. The summed E-state index contributed by atoms with van der Waals surface area (Å²) in [4.78, 5) is 26.6. The highest BCUT2D eigenvalue weighted by Crippen LogP contribution is 2.39. The molecule has 2 saturated heterocycles. The van der Waals surface area contributed by atoms with Crippen LogP contribution in [0, 0.1) is 0 Å². The number of hydrogen-bond donors (Lipinski definition) is 0. The Morgan fingerprint density at radius 3 is 2.90 bits per heavy atom. The van der Waals surface area contributed by atoms with Gasteiger partial charge in [0, 0.05) is 37.9 Å². The highest BCUT2D eigenvalue weighted by Gasteiger charge is 2.46. The van der Waals surface area contributed by atoms with Gasteiger partial charge >= 0.3 is 0 Å². The predicted octanol–water partition coefficient (Wildman–Crippen LogP) is 1.93. The summed E-state index contributed by atoms with van der Waals surface area (Å²) in [5.41, 5.74) is 1.80. The SMILES string of the molecule is CC1CN(c2ncc3c(n2)[C@]2(CCN(C(=O)Cc4ccco4)C2)COC3)CC(C)O1. The fourth-order valence-electron chi connectivity index (χ4n) is 4.95. The lowest BCUT2D eigenvalue weighted by atomic mass is 9.80. The van der Waals surface area contributed by atoms with Gasteiger partial charge in [0.1, 0.15) is 5.76 Å². The van der Waals surface area contributed by atoms with E-state index in [-0.39, 0.29) is 30.0 Å². The Morgan fingerprint density at radius 2 is 2.13 bits per heavy atom. The molecule has 8 nitrogen and oxygen atoms in total. The number of ether oxygens (including phenoxy) is 2. The maximum Gasteiger partial charge on any atom is 0.230 e. The number of hydrogen-bond acceptors (Lipinski definition) is 7. The molecule has 0 aliphatic carbocycles. The summed E-state index contributed by atoms with van der Waals surface area (Å²) in [5, 5.41) is 0. The van der Waals surface area contributed by atoms with E-state index in [0.29, 0.717) is 32.1 Å². The molecule has 5 rings (SSSR count). The molecule has 160 valence electrons. The number of furan rings is 1. The van der Waals surface area contributed by atoms with Gasteiger partial charge in [0.15, 0.2) is 0 Å². The van der Waals surface area contributed by atoms with E-state index < -0.39 is 0 Å². The number of nitrogens with zero attached hydrogens (tertiary/aromatic N) is 4. The Morgan fingerprint density at radius 1 is 1.30 bits per heavy atom. The molecule has 0 aromatic carbocycles. The molecule has 8 heteroatoms. The summed E-state index contributed by atoms with van der Waals surface area (Å²) >= 11 is 0. The van der Waals surface area contributed by atoms with Crippen molar-refractivity contribution >= 4 is 11.9 Å². The molecule has 0 radical (unpaired) electrons. The molecular formula is C22H28N4O4. The monoisotopic (exact) mass is 412 g/mol. The maximum atomic E-state index is 12.8. The van der Waals surface area contributed by atoms with E-state index in [4.69, 9.17) is 18.9 Å². The van der Waals surface area contributed by atoms with Gasteiger partial charge in [-0.05, 0) is 32.4 Å². The van der Waals surface area contributed by atoms with Crippen LogP contribution in [0.1, 0.15) is 37.3 Å². The van der Waals surface area contributed by atoms with Gasteiger partial charge in [-0.15, -0.1) is 0 Å². The van der Waals surface area contributed by atoms with Crippen LogP contribution in [0.3, 0.4) is 0 Å². The van der Waals surface area contributed by atoms with E-state index in [1.807, 2.05) is 23.2 Å². The predicted molar refractivity (Wildman–Crippen MR) is 109 cm³/mol. The van der Waals surface area contributed by atoms with Crippen LogP contribution in [-0.2, 0) is 32.7 Å². The summed E-state index contributed by atoms with van der Waals surface area (Å²) in [5.74, 6) is 1.53. The molecule has 3 aliphatic rings. The molecule has 2 aromatic heterocycles. The van der Waals surface area contributed by atoms with Crippen LogP contribution in [0.4, 0.5) is 5.95 Å². The fraction of sp³-hybridized carbons (Fsp3) is 0.591. The second-order valence-corrected chi connectivity index (χ2v) is 8.80. The zero-order chi connectivity index (χ0) is 20.7.